The minimum atomic E-state index is -1.35. The SMILES string of the molecule is CCC[C@H]1CC[C@H](C2CC3(CC(c4cc(F)c(F)c(F)c4)C3)C2)CC1. The number of benzene rings is 1. The van der Waals surface area contributed by atoms with Gasteiger partial charge in [-0.1, -0.05) is 32.6 Å². The summed E-state index contributed by atoms with van der Waals surface area (Å²) in [5.74, 6) is -0.473. The summed E-state index contributed by atoms with van der Waals surface area (Å²) in [4.78, 5) is 0. The first-order chi connectivity index (χ1) is 12.0. The van der Waals surface area contributed by atoms with Gasteiger partial charge in [-0.05, 0) is 85.3 Å². The first-order valence-corrected chi connectivity index (χ1v) is 10.1. The third-order valence-electron chi connectivity index (χ3n) is 7.48. The molecule has 0 aliphatic heterocycles. The van der Waals surface area contributed by atoms with Crippen molar-refractivity contribution in [3.8, 4) is 0 Å². The quantitative estimate of drug-likeness (QED) is 0.514. The van der Waals surface area contributed by atoms with Gasteiger partial charge < -0.3 is 0 Å². The number of rotatable bonds is 4. The number of hydrogen-bond donors (Lipinski definition) is 0. The van der Waals surface area contributed by atoms with Gasteiger partial charge in [-0.2, -0.15) is 0 Å². The average molecular weight is 350 g/mol. The van der Waals surface area contributed by atoms with Crippen LogP contribution in [-0.2, 0) is 0 Å². The molecule has 0 bridgehead atoms. The molecular formula is C22H29F3. The van der Waals surface area contributed by atoms with Gasteiger partial charge in [-0.25, -0.2) is 13.2 Å². The highest BCUT2D eigenvalue weighted by molar-refractivity contribution is 5.27. The van der Waals surface area contributed by atoms with E-state index < -0.39 is 17.5 Å². The molecular weight excluding hydrogens is 321 g/mol. The Hall–Kier alpha value is -0.990. The molecule has 3 aliphatic rings. The van der Waals surface area contributed by atoms with E-state index in [0.29, 0.717) is 11.0 Å². The van der Waals surface area contributed by atoms with E-state index in [-0.39, 0.29) is 5.92 Å². The van der Waals surface area contributed by atoms with E-state index in [2.05, 4.69) is 6.92 Å². The van der Waals surface area contributed by atoms with Gasteiger partial charge in [0.2, 0.25) is 0 Å². The van der Waals surface area contributed by atoms with Crippen LogP contribution in [0.5, 0.6) is 0 Å². The molecule has 0 amide bonds. The lowest BCUT2D eigenvalue weighted by atomic mass is 9.45. The highest BCUT2D eigenvalue weighted by atomic mass is 19.2. The van der Waals surface area contributed by atoms with Crippen LogP contribution in [0.3, 0.4) is 0 Å². The van der Waals surface area contributed by atoms with Gasteiger partial charge in [0.15, 0.2) is 17.5 Å². The van der Waals surface area contributed by atoms with Crippen LogP contribution in [0.25, 0.3) is 0 Å². The summed E-state index contributed by atoms with van der Waals surface area (Å²) in [6, 6.07) is 2.39. The van der Waals surface area contributed by atoms with Gasteiger partial charge in [-0.3, -0.25) is 0 Å². The molecule has 0 saturated heterocycles. The molecule has 0 aromatic heterocycles. The fraction of sp³-hybridized carbons (Fsp3) is 0.727. The van der Waals surface area contributed by atoms with E-state index in [1.165, 1.54) is 63.5 Å². The summed E-state index contributed by atoms with van der Waals surface area (Å²) in [5, 5.41) is 0. The van der Waals surface area contributed by atoms with Crippen LogP contribution in [0.1, 0.15) is 82.6 Å². The maximum Gasteiger partial charge on any atom is 0.194 e. The van der Waals surface area contributed by atoms with Crippen LogP contribution >= 0.6 is 0 Å². The zero-order valence-electron chi connectivity index (χ0n) is 15.2. The Balaban J connectivity index is 1.27. The normalized spacial score (nSPS) is 37.6. The van der Waals surface area contributed by atoms with Crippen LogP contribution in [0.4, 0.5) is 13.2 Å². The van der Waals surface area contributed by atoms with Crippen molar-refractivity contribution in [1.82, 2.24) is 0 Å². The van der Waals surface area contributed by atoms with Crippen molar-refractivity contribution in [3.63, 3.8) is 0 Å². The van der Waals surface area contributed by atoms with Crippen LogP contribution < -0.4 is 0 Å². The Kier molecular flexibility index (Phi) is 4.62. The molecule has 1 aromatic carbocycles. The second-order valence-electron chi connectivity index (χ2n) is 9.14. The standard InChI is InChI=1S/C22H29F3/c1-2-3-14-4-6-15(7-5-14)17-10-22(11-17)12-18(13-22)16-8-19(23)21(25)20(24)9-16/h8-9,14-15,17-18H,2-7,10-13H2,1H3/t14-,15-,17?,18?,22?. The van der Waals surface area contributed by atoms with Crippen LogP contribution in [-0.4, -0.2) is 0 Å². The van der Waals surface area contributed by atoms with Crippen molar-refractivity contribution in [1.29, 1.82) is 0 Å². The molecule has 4 rings (SSSR count). The smallest absolute Gasteiger partial charge is 0.194 e. The van der Waals surface area contributed by atoms with Crippen molar-refractivity contribution in [2.24, 2.45) is 23.2 Å². The van der Waals surface area contributed by atoms with Crippen molar-refractivity contribution >= 4 is 0 Å². The molecule has 1 aromatic rings. The summed E-state index contributed by atoms with van der Waals surface area (Å²) < 4.78 is 40.0. The molecule has 0 nitrogen and oxygen atoms in total. The first-order valence-electron chi connectivity index (χ1n) is 10.1. The highest BCUT2D eigenvalue weighted by Crippen LogP contribution is 2.66. The molecule has 0 unspecified atom stereocenters. The summed E-state index contributed by atoms with van der Waals surface area (Å²) in [5.41, 5.74) is 1.07. The molecule has 3 aliphatic carbocycles. The van der Waals surface area contributed by atoms with E-state index in [1.54, 1.807) is 0 Å². The van der Waals surface area contributed by atoms with E-state index in [0.717, 1.165) is 30.6 Å². The largest absolute Gasteiger partial charge is 0.204 e. The molecule has 0 heterocycles. The van der Waals surface area contributed by atoms with Crippen molar-refractivity contribution in [2.45, 2.75) is 77.0 Å². The fourth-order valence-corrected chi connectivity index (χ4v) is 6.11. The third kappa shape index (κ3) is 3.24. The Morgan fingerprint density at radius 1 is 0.880 bits per heavy atom. The molecule has 138 valence electrons. The summed E-state index contributed by atoms with van der Waals surface area (Å²) in [7, 11) is 0. The lowest BCUT2D eigenvalue weighted by Gasteiger charge is -2.60. The second kappa shape index (κ2) is 6.63. The third-order valence-corrected chi connectivity index (χ3v) is 7.48. The van der Waals surface area contributed by atoms with Crippen molar-refractivity contribution < 1.29 is 13.2 Å². The molecule has 0 radical (unpaired) electrons. The monoisotopic (exact) mass is 350 g/mol. The van der Waals surface area contributed by atoms with E-state index >= 15 is 0 Å². The predicted octanol–water partition coefficient (Wildman–Crippen LogP) is 6.98. The zero-order chi connectivity index (χ0) is 17.6. The van der Waals surface area contributed by atoms with Crippen LogP contribution in [0.15, 0.2) is 12.1 Å². The first kappa shape index (κ1) is 17.4. The Morgan fingerprint density at radius 3 is 2.04 bits per heavy atom. The fourth-order valence-electron chi connectivity index (χ4n) is 6.11. The lowest BCUT2D eigenvalue weighted by Crippen LogP contribution is -2.49. The van der Waals surface area contributed by atoms with Gasteiger partial charge in [0.05, 0.1) is 0 Å². The predicted molar refractivity (Wildman–Crippen MR) is 93.8 cm³/mol. The number of halogens is 3. The molecule has 3 heteroatoms. The van der Waals surface area contributed by atoms with Gasteiger partial charge in [0, 0.05) is 0 Å². The average Bonchev–Trinajstić information content (AvgIpc) is 2.51. The van der Waals surface area contributed by atoms with Gasteiger partial charge in [0.25, 0.3) is 0 Å². The zero-order valence-corrected chi connectivity index (χ0v) is 15.2. The van der Waals surface area contributed by atoms with Crippen molar-refractivity contribution in [2.75, 3.05) is 0 Å². The minimum absolute atomic E-state index is 0.214. The van der Waals surface area contributed by atoms with Crippen LogP contribution in [0.2, 0.25) is 0 Å². The van der Waals surface area contributed by atoms with Crippen LogP contribution in [0, 0.1) is 40.6 Å². The Labute approximate surface area is 149 Å². The second-order valence-corrected chi connectivity index (χ2v) is 9.14. The van der Waals surface area contributed by atoms with Gasteiger partial charge in [-0.15, -0.1) is 0 Å². The topological polar surface area (TPSA) is 0 Å². The summed E-state index contributed by atoms with van der Waals surface area (Å²) in [6.07, 6.45) is 13.0. The maximum atomic E-state index is 13.4. The molecule has 0 N–H and O–H groups in total. The Bertz CT molecular complexity index is 593. The molecule has 0 atom stereocenters. The van der Waals surface area contributed by atoms with Gasteiger partial charge in [0.1, 0.15) is 0 Å². The molecule has 3 saturated carbocycles. The molecule has 3 fully saturated rings. The highest BCUT2D eigenvalue weighted by Gasteiger charge is 2.54. The van der Waals surface area contributed by atoms with E-state index in [9.17, 15) is 13.2 Å². The van der Waals surface area contributed by atoms with Gasteiger partial charge >= 0.3 is 0 Å². The molecule has 1 spiro atoms. The number of hydrogen-bond acceptors (Lipinski definition) is 0. The Morgan fingerprint density at radius 2 is 1.48 bits per heavy atom. The summed E-state index contributed by atoms with van der Waals surface area (Å²) in [6.45, 7) is 2.29. The maximum absolute atomic E-state index is 13.4. The summed E-state index contributed by atoms with van der Waals surface area (Å²) >= 11 is 0. The van der Waals surface area contributed by atoms with Crippen molar-refractivity contribution in [3.05, 3.63) is 35.1 Å². The molecule has 25 heavy (non-hydrogen) atoms. The van der Waals surface area contributed by atoms with E-state index in [4.69, 9.17) is 0 Å². The minimum Gasteiger partial charge on any atom is -0.204 e. The lowest BCUT2D eigenvalue weighted by molar-refractivity contribution is -0.0727. The van der Waals surface area contributed by atoms with E-state index in [1.807, 2.05) is 0 Å².